The number of anilines is 1. The van der Waals surface area contributed by atoms with Crippen molar-refractivity contribution in [2.45, 2.75) is 13.8 Å². The maximum Gasteiger partial charge on any atom is 0.248 e. The quantitative estimate of drug-likeness (QED) is 0.861. The summed E-state index contributed by atoms with van der Waals surface area (Å²) >= 11 is 0. The van der Waals surface area contributed by atoms with E-state index in [0.717, 1.165) is 28.1 Å². The van der Waals surface area contributed by atoms with Gasteiger partial charge in [0.2, 0.25) is 5.91 Å². The summed E-state index contributed by atoms with van der Waals surface area (Å²) < 4.78 is 5.15. The van der Waals surface area contributed by atoms with E-state index in [1.54, 1.807) is 13.2 Å². The highest BCUT2D eigenvalue weighted by atomic mass is 16.5. The largest absolute Gasteiger partial charge is 0.497 e. The minimum atomic E-state index is -0.147. The Balaban J connectivity index is 2.07. The fourth-order valence-corrected chi connectivity index (χ4v) is 1.98. The topological polar surface area (TPSA) is 38.3 Å². The zero-order valence-electron chi connectivity index (χ0n) is 12.5. The van der Waals surface area contributed by atoms with E-state index in [-0.39, 0.29) is 5.91 Å². The van der Waals surface area contributed by atoms with Crippen molar-refractivity contribution in [2.24, 2.45) is 0 Å². The van der Waals surface area contributed by atoms with Crippen LogP contribution in [0.15, 0.2) is 48.5 Å². The fraction of sp³-hybridized carbons (Fsp3) is 0.167. The van der Waals surface area contributed by atoms with Crippen molar-refractivity contribution in [3.05, 3.63) is 65.2 Å². The van der Waals surface area contributed by atoms with Crippen molar-refractivity contribution >= 4 is 17.7 Å². The second-order valence-electron chi connectivity index (χ2n) is 4.85. The molecule has 21 heavy (non-hydrogen) atoms. The lowest BCUT2D eigenvalue weighted by molar-refractivity contribution is -0.111. The second-order valence-corrected chi connectivity index (χ2v) is 4.85. The smallest absolute Gasteiger partial charge is 0.248 e. The molecule has 1 amide bonds. The molecule has 0 aromatic heterocycles. The van der Waals surface area contributed by atoms with E-state index in [1.165, 1.54) is 6.08 Å². The molecule has 0 fully saturated rings. The standard InChI is InChI=1S/C18H19NO2/c1-13-6-4-9-17(14(13)2)19-18(20)11-10-15-7-5-8-16(12-15)21-3/h4-12H,1-3H3,(H,19,20)/b11-10+. The van der Waals surface area contributed by atoms with Crippen molar-refractivity contribution in [3.8, 4) is 5.75 Å². The molecular weight excluding hydrogens is 262 g/mol. The van der Waals surface area contributed by atoms with Gasteiger partial charge in [0.05, 0.1) is 7.11 Å². The molecule has 0 spiro atoms. The number of carbonyl (C=O) groups excluding carboxylic acids is 1. The third-order valence-corrected chi connectivity index (χ3v) is 3.38. The molecule has 0 heterocycles. The lowest BCUT2D eigenvalue weighted by Gasteiger charge is -2.08. The first kappa shape index (κ1) is 14.9. The van der Waals surface area contributed by atoms with Gasteiger partial charge in [0, 0.05) is 11.8 Å². The van der Waals surface area contributed by atoms with Crippen LogP contribution >= 0.6 is 0 Å². The Morgan fingerprint density at radius 1 is 1.14 bits per heavy atom. The predicted molar refractivity (Wildman–Crippen MR) is 86.6 cm³/mol. The van der Waals surface area contributed by atoms with Crippen molar-refractivity contribution < 1.29 is 9.53 Å². The molecule has 0 radical (unpaired) electrons. The van der Waals surface area contributed by atoms with Crippen LogP contribution in [0.1, 0.15) is 16.7 Å². The number of aryl methyl sites for hydroxylation is 1. The number of amides is 1. The lowest BCUT2D eigenvalue weighted by Crippen LogP contribution is -2.09. The Morgan fingerprint density at radius 2 is 1.90 bits per heavy atom. The van der Waals surface area contributed by atoms with Gasteiger partial charge < -0.3 is 10.1 Å². The van der Waals surface area contributed by atoms with E-state index in [4.69, 9.17) is 4.74 Å². The number of benzene rings is 2. The van der Waals surface area contributed by atoms with E-state index in [1.807, 2.05) is 56.3 Å². The molecule has 0 atom stereocenters. The molecule has 0 saturated carbocycles. The molecule has 2 aromatic carbocycles. The highest BCUT2D eigenvalue weighted by Gasteiger charge is 2.03. The molecular formula is C18H19NO2. The first-order valence-electron chi connectivity index (χ1n) is 6.79. The Bertz CT molecular complexity index is 675. The van der Waals surface area contributed by atoms with Gasteiger partial charge in [0.1, 0.15) is 5.75 Å². The first-order valence-corrected chi connectivity index (χ1v) is 6.79. The first-order chi connectivity index (χ1) is 10.1. The highest BCUT2D eigenvalue weighted by molar-refractivity contribution is 6.02. The van der Waals surface area contributed by atoms with Crippen molar-refractivity contribution in [1.82, 2.24) is 0 Å². The van der Waals surface area contributed by atoms with Gasteiger partial charge in [-0.25, -0.2) is 0 Å². The fourth-order valence-electron chi connectivity index (χ4n) is 1.98. The monoisotopic (exact) mass is 281 g/mol. The average Bonchev–Trinajstić information content (AvgIpc) is 2.50. The SMILES string of the molecule is COc1cccc(/C=C/C(=O)Nc2cccc(C)c2C)c1. The van der Waals surface area contributed by atoms with Crippen molar-refractivity contribution in [1.29, 1.82) is 0 Å². The molecule has 3 heteroatoms. The molecule has 3 nitrogen and oxygen atoms in total. The predicted octanol–water partition coefficient (Wildman–Crippen LogP) is 3.96. The second kappa shape index (κ2) is 6.75. The third-order valence-electron chi connectivity index (χ3n) is 3.38. The van der Waals surface area contributed by atoms with Crippen LogP contribution in [0.3, 0.4) is 0 Å². The van der Waals surface area contributed by atoms with Crippen LogP contribution in [0.2, 0.25) is 0 Å². The Labute approximate surface area is 125 Å². The van der Waals surface area contributed by atoms with Crippen LogP contribution in [0, 0.1) is 13.8 Å². The van der Waals surface area contributed by atoms with Crippen LogP contribution in [-0.2, 0) is 4.79 Å². The summed E-state index contributed by atoms with van der Waals surface area (Å²) in [6, 6.07) is 13.4. The summed E-state index contributed by atoms with van der Waals surface area (Å²) in [5.74, 6) is 0.624. The van der Waals surface area contributed by atoms with Gasteiger partial charge in [0.15, 0.2) is 0 Å². The molecule has 108 valence electrons. The summed E-state index contributed by atoms with van der Waals surface area (Å²) in [6.07, 6.45) is 3.29. The average molecular weight is 281 g/mol. The van der Waals surface area contributed by atoms with Gasteiger partial charge in [-0.3, -0.25) is 4.79 Å². The van der Waals surface area contributed by atoms with Gasteiger partial charge >= 0.3 is 0 Å². The van der Waals surface area contributed by atoms with E-state index >= 15 is 0 Å². The maximum atomic E-state index is 12.0. The maximum absolute atomic E-state index is 12.0. The summed E-state index contributed by atoms with van der Waals surface area (Å²) in [6.45, 7) is 4.02. The minimum absolute atomic E-state index is 0.147. The third kappa shape index (κ3) is 3.96. The van der Waals surface area contributed by atoms with E-state index in [9.17, 15) is 4.79 Å². The molecule has 0 aliphatic carbocycles. The zero-order valence-corrected chi connectivity index (χ0v) is 12.5. The molecule has 0 bridgehead atoms. The highest BCUT2D eigenvalue weighted by Crippen LogP contribution is 2.18. The number of hydrogen-bond donors (Lipinski definition) is 1. The Kier molecular flexibility index (Phi) is 4.77. The number of methoxy groups -OCH3 is 1. The van der Waals surface area contributed by atoms with E-state index in [2.05, 4.69) is 5.32 Å². The molecule has 2 rings (SSSR count). The molecule has 0 saturated heterocycles. The Morgan fingerprint density at radius 3 is 2.67 bits per heavy atom. The number of nitrogens with one attached hydrogen (secondary N) is 1. The summed E-state index contributed by atoms with van der Waals surface area (Å²) in [7, 11) is 1.62. The van der Waals surface area contributed by atoms with Gasteiger partial charge in [-0.05, 0) is 54.8 Å². The molecule has 0 aliphatic rings. The number of ether oxygens (including phenoxy) is 1. The van der Waals surface area contributed by atoms with Gasteiger partial charge in [-0.1, -0.05) is 24.3 Å². The van der Waals surface area contributed by atoms with Crippen molar-refractivity contribution in [3.63, 3.8) is 0 Å². The van der Waals surface area contributed by atoms with E-state index < -0.39 is 0 Å². The number of carbonyl (C=O) groups is 1. The summed E-state index contributed by atoms with van der Waals surface area (Å²) in [4.78, 5) is 12.0. The van der Waals surface area contributed by atoms with Crippen LogP contribution in [-0.4, -0.2) is 13.0 Å². The van der Waals surface area contributed by atoms with E-state index in [0.29, 0.717) is 0 Å². The number of rotatable bonds is 4. The van der Waals surface area contributed by atoms with Gasteiger partial charge in [-0.2, -0.15) is 0 Å². The van der Waals surface area contributed by atoms with Crippen LogP contribution in [0.5, 0.6) is 5.75 Å². The van der Waals surface area contributed by atoms with Gasteiger partial charge in [-0.15, -0.1) is 0 Å². The summed E-state index contributed by atoms with van der Waals surface area (Å²) in [5.41, 5.74) is 4.01. The van der Waals surface area contributed by atoms with Gasteiger partial charge in [0.25, 0.3) is 0 Å². The lowest BCUT2D eigenvalue weighted by atomic mass is 10.1. The molecule has 1 N–H and O–H groups in total. The molecule has 2 aromatic rings. The molecule has 0 aliphatic heterocycles. The Hall–Kier alpha value is -2.55. The van der Waals surface area contributed by atoms with Crippen LogP contribution < -0.4 is 10.1 Å². The number of hydrogen-bond acceptors (Lipinski definition) is 2. The van der Waals surface area contributed by atoms with Crippen LogP contribution in [0.4, 0.5) is 5.69 Å². The zero-order chi connectivity index (χ0) is 15.2. The molecule has 0 unspecified atom stereocenters. The van der Waals surface area contributed by atoms with Crippen LogP contribution in [0.25, 0.3) is 6.08 Å². The normalized spacial score (nSPS) is 10.6. The van der Waals surface area contributed by atoms with Crippen molar-refractivity contribution in [2.75, 3.05) is 12.4 Å². The summed E-state index contributed by atoms with van der Waals surface area (Å²) in [5, 5.41) is 2.89. The minimum Gasteiger partial charge on any atom is -0.497 e.